The van der Waals surface area contributed by atoms with E-state index < -0.39 is 0 Å². The van der Waals surface area contributed by atoms with Gasteiger partial charge in [-0.3, -0.25) is 4.79 Å². The summed E-state index contributed by atoms with van der Waals surface area (Å²) in [7, 11) is 0.833. The zero-order valence-electron chi connectivity index (χ0n) is 11.6. The van der Waals surface area contributed by atoms with Crippen molar-refractivity contribution in [1.29, 1.82) is 0 Å². The molecule has 1 saturated heterocycles. The van der Waals surface area contributed by atoms with Crippen molar-refractivity contribution in [3.05, 3.63) is 0 Å². The number of hydrogen-bond acceptors (Lipinski definition) is 2. The lowest BCUT2D eigenvalue weighted by atomic mass is 9.86. The van der Waals surface area contributed by atoms with E-state index in [0.29, 0.717) is 11.7 Å². The standard InChI is InChI=1S/C14H27N2OP/c1-18-14-11-15-9-10-16(14)13(17)8-7-12-5-3-2-4-6-12/h12,14-15,18H,2-11H2,1H3/t14-/m1/s1. The number of carbonyl (C=O) groups is 1. The summed E-state index contributed by atoms with van der Waals surface area (Å²) in [5, 5.41) is 3.39. The molecule has 0 aromatic carbocycles. The van der Waals surface area contributed by atoms with E-state index in [0.717, 1.165) is 47.0 Å². The lowest BCUT2D eigenvalue weighted by molar-refractivity contribution is -0.132. The van der Waals surface area contributed by atoms with Crippen LogP contribution in [0.15, 0.2) is 0 Å². The Hall–Kier alpha value is -0.140. The van der Waals surface area contributed by atoms with Crippen molar-refractivity contribution >= 4 is 14.5 Å². The smallest absolute Gasteiger partial charge is 0.223 e. The zero-order chi connectivity index (χ0) is 12.8. The van der Waals surface area contributed by atoms with Crippen LogP contribution < -0.4 is 5.32 Å². The minimum absolute atomic E-state index is 0.404. The minimum atomic E-state index is 0.404. The Bertz CT molecular complexity index is 267. The van der Waals surface area contributed by atoms with Gasteiger partial charge >= 0.3 is 0 Å². The maximum absolute atomic E-state index is 12.3. The van der Waals surface area contributed by atoms with Crippen LogP contribution in [-0.4, -0.2) is 42.9 Å². The molecule has 1 heterocycles. The van der Waals surface area contributed by atoms with Crippen molar-refractivity contribution in [3.63, 3.8) is 0 Å². The fourth-order valence-electron chi connectivity index (χ4n) is 3.21. The van der Waals surface area contributed by atoms with Crippen molar-refractivity contribution in [1.82, 2.24) is 10.2 Å². The molecule has 1 amide bonds. The van der Waals surface area contributed by atoms with E-state index >= 15 is 0 Å². The summed E-state index contributed by atoms with van der Waals surface area (Å²) >= 11 is 0. The lowest BCUT2D eigenvalue weighted by Crippen LogP contribution is -2.51. The number of piperazine rings is 1. The van der Waals surface area contributed by atoms with Crippen LogP contribution in [0.3, 0.4) is 0 Å². The molecule has 1 N–H and O–H groups in total. The molecule has 1 aliphatic carbocycles. The Labute approximate surface area is 113 Å². The molecule has 1 aliphatic heterocycles. The van der Waals surface area contributed by atoms with E-state index in [9.17, 15) is 4.79 Å². The van der Waals surface area contributed by atoms with Crippen LogP contribution in [0.5, 0.6) is 0 Å². The van der Waals surface area contributed by atoms with Gasteiger partial charge in [0.15, 0.2) is 0 Å². The predicted molar refractivity (Wildman–Crippen MR) is 78.4 cm³/mol. The third-order valence-electron chi connectivity index (χ3n) is 4.39. The van der Waals surface area contributed by atoms with Gasteiger partial charge in [0.1, 0.15) is 0 Å². The molecule has 0 bridgehead atoms. The van der Waals surface area contributed by atoms with Gasteiger partial charge in [-0.15, -0.1) is 0 Å². The zero-order valence-corrected chi connectivity index (χ0v) is 12.6. The molecule has 1 unspecified atom stereocenters. The van der Waals surface area contributed by atoms with Gasteiger partial charge in [-0.1, -0.05) is 40.7 Å². The van der Waals surface area contributed by atoms with E-state index in [2.05, 4.69) is 16.9 Å². The average molecular weight is 270 g/mol. The molecule has 18 heavy (non-hydrogen) atoms. The number of rotatable bonds is 4. The first-order chi connectivity index (χ1) is 8.81. The van der Waals surface area contributed by atoms with Crippen LogP contribution in [0, 0.1) is 5.92 Å². The molecular weight excluding hydrogens is 243 g/mol. The molecular formula is C14H27N2OP. The van der Waals surface area contributed by atoms with E-state index in [1.165, 1.54) is 32.1 Å². The van der Waals surface area contributed by atoms with Gasteiger partial charge in [0.25, 0.3) is 0 Å². The van der Waals surface area contributed by atoms with Crippen molar-refractivity contribution in [2.24, 2.45) is 5.92 Å². The molecule has 3 nitrogen and oxygen atoms in total. The summed E-state index contributed by atoms with van der Waals surface area (Å²) in [5.74, 6) is 1.69. The molecule has 0 aromatic rings. The maximum Gasteiger partial charge on any atom is 0.223 e. The fraction of sp³-hybridized carbons (Fsp3) is 0.929. The van der Waals surface area contributed by atoms with Crippen LogP contribution in [0.4, 0.5) is 0 Å². The fourth-order valence-corrected chi connectivity index (χ4v) is 4.14. The summed E-state index contributed by atoms with van der Waals surface area (Å²) in [5.41, 5.74) is 0. The monoisotopic (exact) mass is 270 g/mol. The van der Waals surface area contributed by atoms with Crippen LogP contribution in [-0.2, 0) is 4.79 Å². The number of amides is 1. The SMILES string of the molecule is CP[C@@H]1CNCCN1C(=O)CCC1CCCCC1. The summed E-state index contributed by atoms with van der Waals surface area (Å²) in [6, 6.07) is 0. The first-order valence-electron chi connectivity index (χ1n) is 7.48. The first kappa shape index (κ1) is 14.3. The van der Waals surface area contributed by atoms with Gasteiger partial charge in [0.2, 0.25) is 5.91 Å². The molecule has 2 rings (SSSR count). The predicted octanol–water partition coefficient (Wildman–Crippen LogP) is 2.41. The largest absolute Gasteiger partial charge is 0.334 e. The Balaban J connectivity index is 1.75. The summed E-state index contributed by atoms with van der Waals surface area (Å²) in [6.45, 7) is 5.08. The molecule has 0 radical (unpaired) electrons. The topological polar surface area (TPSA) is 32.3 Å². The number of carbonyl (C=O) groups excluding carboxylic acids is 1. The van der Waals surface area contributed by atoms with Gasteiger partial charge in [-0.25, -0.2) is 0 Å². The lowest BCUT2D eigenvalue weighted by Gasteiger charge is -2.36. The molecule has 2 atom stereocenters. The minimum Gasteiger partial charge on any atom is -0.334 e. The van der Waals surface area contributed by atoms with Gasteiger partial charge < -0.3 is 10.2 Å². The molecule has 2 aliphatic rings. The van der Waals surface area contributed by atoms with Crippen molar-refractivity contribution in [2.45, 2.75) is 50.7 Å². The average Bonchev–Trinajstić information content (AvgIpc) is 2.45. The first-order valence-corrected chi connectivity index (χ1v) is 9.06. The third kappa shape index (κ3) is 3.93. The van der Waals surface area contributed by atoms with Crippen LogP contribution >= 0.6 is 8.58 Å². The van der Waals surface area contributed by atoms with Crippen molar-refractivity contribution in [2.75, 3.05) is 26.3 Å². The van der Waals surface area contributed by atoms with Gasteiger partial charge in [-0.2, -0.15) is 0 Å². The Morgan fingerprint density at radius 2 is 2.11 bits per heavy atom. The van der Waals surface area contributed by atoms with Crippen LogP contribution in [0.1, 0.15) is 44.9 Å². The van der Waals surface area contributed by atoms with E-state index in [1.54, 1.807) is 0 Å². The highest BCUT2D eigenvalue weighted by Gasteiger charge is 2.25. The Morgan fingerprint density at radius 3 is 2.83 bits per heavy atom. The molecule has 0 aromatic heterocycles. The molecule has 1 saturated carbocycles. The van der Waals surface area contributed by atoms with Gasteiger partial charge in [0.05, 0.1) is 5.78 Å². The Kier molecular flexibility index (Phi) is 5.91. The molecule has 2 fully saturated rings. The number of nitrogens with one attached hydrogen (secondary N) is 1. The molecule has 104 valence electrons. The van der Waals surface area contributed by atoms with Crippen LogP contribution in [0.2, 0.25) is 0 Å². The summed E-state index contributed by atoms with van der Waals surface area (Å²) in [6.07, 6.45) is 8.79. The second-order valence-corrected chi connectivity index (χ2v) is 6.88. The maximum atomic E-state index is 12.3. The summed E-state index contributed by atoms with van der Waals surface area (Å²) in [4.78, 5) is 14.4. The second-order valence-electron chi connectivity index (χ2n) is 5.64. The summed E-state index contributed by atoms with van der Waals surface area (Å²) < 4.78 is 0. The van der Waals surface area contributed by atoms with Crippen LogP contribution in [0.25, 0.3) is 0 Å². The Morgan fingerprint density at radius 1 is 1.33 bits per heavy atom. The highest BCUT2D eigenvalue weighted by atomic mass is 31.1. The molecule has 0 spiro atoms. The number of nitrogens with zero attached hydrogens (tertiary/aromatic N) is 1. The van der Waals surface area contributed by atoms with E-state index in [4.69, 9.17) is 0 Å². The van der Waals surface area contributed by atoms with Gasteiger partial charge in [-0.05, 0) is 19.0 Å². The van der Waals surface area contributed by atoms with E-state index in [-0.39, 0.29) is 0 Å². The quantitative estimate of drug-likeness (QED) is 0.796. The molecule has 4 heteroatoms. The second kappa shape index (κ2) is 7.45. The van der Waals surface area contributed by atoms with Gasteiger partial charge in [0, 0.05) is 26.1 Å². The highest BCUT2D eigenvalue weighted by molar-refractivity contribution is 7.37. The highest BCUT2D eigenvalue weighted by Crippen LogP contribution is 2.28. The van der Waals surface area contributed by atoms with Crippen molar-refractivity contribution < 1.29 is 4.79 Å². The van der Waals surface area contributed by atoms with Crippen molar-refractivity contribution in [3.8, 4) is 0 Å². The normalized spacial score (nSPS) is 26.9. The third-order valence-corrected chi connectivity index (χ3v) is 5.57. The number of hydrogen-bond donors (Lipinski definition) is 1. The van der Waals surface area contributed by atoms with E-state index in [1.807, 2.05) is 0 Å².